The quantitative estimate of drug-likeness (QED) is 0.607. The lowest BCUT2D eigenvalue weighted by molar-refractivity contribution is -0.387. The number of sulfonamides is 1. The molecule has 3 N–H and O–H groups in total. The summed E-state index contributed by atoms with van der Waals surface area (Å²) in [5.41, 5.74) is 5.71. The lowest BCUT2D eigenvalue weighted by Crippen LogP contribution is -2.46. The molecule has 0 aromatic heterocycles. The number of hydrogen-bond donors (Lipinski definition) is 2. The highest BCUT2D eigenvalue weighted by Crippen LogP contribution is 2.30. The molecule has 0 bridgehead atoms. The summed E-state index contributed by atoms with van der Waals surface area (Å²) in [6.45, 7) is 1.74. The van der Waals surface area contributed by atoms with Gasteiger partial charge in [-0.05, 0) is 31.2 Å². The minimum Gasteiger partial charge on any atom is -0.329 e. The van der Waals surface area contributed by atoms with Crippen molar-refractivity contribution in [2.75, 3.05) is 6.54 Å². The Bertz CT molecular complexity index is 669. The topological polar surface area (TPSA) is 115 Å². The Morgan fingerprint density at radius 1 is 1.35 bits per heavy atom. The van der Waals surface area contributed by atoms with Crippen LogP contribution in [-0.2, 0) is 10.0 Å². The van der Waals surface area contributed by atoms with Gasteiger partial charge < -0.3 is 5.73 Å². The number of rotatable bonds is 6. The van der Waals surface area contributed by atoms with Crippen molar-refractivity contribution >= 4 is 15.7 Å². The van der Waals surface area contributed by atoms with E-state index in [2.05, 4.69) is 4.72 Å². The minimum atomic E-state index is -4.00. The molecule has 128 valence electrons. The van der Waals surface area contributed by atoms with Gasteiger partial charge in [-0.25, -0.2) is 13.1 Å². The van der Waals surface area contributed by atoms with Crippen LogP contribution in [0.1, 0.15) is 37.7 Å². The number of nitro groups is 1. The molecular formula is C15H23N3O4S. The molecule has 0 spiro atoms. The van der Waals surface area contributed by atoms with Crippen molar-refractivity contribution in [1.82, 2.24) is 4.72 Å². The third-order valence-electron chi connectivity index (χ3n) is 4.44. The van der Waals surface area contributed by atoms with E-state index in [0.717, 1.165) is 32.1 Å². The van der Waals surface area contributed by atoms with Crippen LogP contribution in [0.4, 0.5) is 5.69 Å². The first-order valence-electron chi connectivity index (χ1n) is 7.83. The smallest absolute Gasteiger partial charge is 0.289 e. The normalized spacial score (nSPS) is 17.8. The molecule has 1 fully saturated rings. The molecule has 0 amide bonds. The molecule has 1 aromatic rings. The maximum atomic E-state index is 12.7. The van der Waals surface area contributed by atoms with Gasteiger partial charge in [0.15, 0.2) is 4.90 Å². The number of benzene rings is 1. The van der Waals surface area contributed by atoms with Gasteiger partial charge in [0.2, 0.25) is 10.0 Å². The summed E-state index contributed by atoms with van der Waals surface area (Å²) in [4.78, 5) is 10.2. The van der Waals surface area contributed by atoms with Crippen molar-refractivity contribution in [3.05, 3.63) is 33.9 Å². The average molecular weight is 341 g/mol. The van der Waals surface area contributed by atoms with E-state index < -0.39 is 20.6 Å². The number of nitrogens with one attached hydrogen (secondary N) is 1. The van der Waals surface area contributed by atoms with Crippen LogP contribution in [0.5, 0.6) is 0 Å². The van der Waals surface area contributed by atoms with Gasteiger partial charge in [-0.1, -0.05) is 31.4 Å². The molecule has 0 heterocycles. The van der Waals surface area contributed by atoms with Crippen LogP contribution in [0.15, 0.2) is 23.1 Å². The molecule has 8 heteroatoms. The van der Waals surface area contributed by atoms with Gasteiger partial charge in [-0.3, -0.25) is 10.1 Å². The molecular weight excluding hydrogens is 318 g/mol. The molecule has 7 nitrogen and oxygen atoms in total. The zero-order chi connectivity index (χ0) is 17.0. The van der Waals surface area contributed by atoms with Gasteiger partial charge in [0.25, 0.3) is 5.69 Å². The van der Waals surface area contributed by atoms with Crippen LogP contribution >= 0.6 is 0 Å². The summed E-state index contributed by atoms with van der Waals surface area (Å²) in [6, 6.07) is 3.85. The fraction of sp³-hybridized carbons (Fsp3) is 0.600. The molecule has 23 heavy (non-hydrogen) atoms. The summed E-state index contributed by atoms with van der Waals surface area (Å²) in [6.07, 6.45) is 5.14. The minimum absolute atomic E-state index is 0.184. The Morgan fingerprint density at radius 2 is 2.00 bits per heavy atom. The maximum absolute atomic E-state index is 12.7. The second-order valence-corrected chi connectivity index (χ2v) is 7.69. The third-order valence-corrected chi connectivity index (χ3v) is 6.12. The van der Waals surface area contributed by atoms with Crippen molar-refractivity contribution in [1.29, 1.82) is 0 Å². The third kappa shape index (κ3) is 4.07. The van der Waals surface area contributed by atoms with E-state index in [1.54, 1.807) is 13.0 Å². The van der Waals surface area contributed by atoms with Gasteiger partial charge >= 0.3 is 0 Å². The van der Waals surface area contributed by atoms with E-state index in [-0.39, 0.29) is 23.4 Å². The van der Waals surface area contributed by atoms with Crippen molar-refractivity contribution in [2.45, 2.75) is 50.0 Å². The Morgan fingerprint density at radius 3 is 2.57 bits per heavy atom. The standard InChI is InChI=1S/C15H23N3O4S/c1-11-6-5-9-14(18(19)20)15(11)23(21,22)17-13(10-16)12-7-3-2-4-8-12/h5-6,9,12-13,17H,2-4,7-8,10,16H2,1H3. The molecule has 1 aromatic carbocycles. The van der Waals surface area contributed by atoms with Crippen molar-refractivity contribution in [3.63, 3.8) is 0 Å². The van der Waals surface area contributed by atoms with E-state index in [0.29, 0.717) is 5.56 Å². The number of nitrogens with two attached hydrogens (primary N) is 1. The fourth-order valence-electron chi connectivity index (χ4n) is 3.26. The summed E-state index contributed by atoms with van der Waals surface area (Å²) in [5.74, 6) is 0.187. The molecule has 1 unspecified atom stereocenters. The lowest BCUT2D eigenvalue weighted by atomic mass is 9.84. The van der Waals surface area contributed by atoms with Gasteiger partial charge in [0.1, 0.15) is 0 Å². The predicted octanol–water partition coefficient (Wildman–Crippen LogP) is 2.09. The van der Waals surface area contributed by atoms with Gasteiger partial charge in [-0.15, -0.1) is 0 Å². The predicted molar refractivity (Wildman–Crippen MR) is 87.6 cm³/mol. The summed E-state index contributed by atoms with van der Waals surface area (Å²) in [5, 5.41) is 11.2. The van der Waals surface area contributed by atoms with E-state index in [4.69, 9.17) is 5.73 Å². The first-order chi connectivity index (χ1) is 10.9. The van der Waals surface area contributed by atoms with Crippen LogP contribution < -0.4 is 10.5 Å². The highest BCUT2D eigenvalue weighted by atomic mass is 32.2. The number of nitrogens with zero attached hydrogens (tertiary/aromatic N) is 1. The Labute approximate surface area is 136 Å². The van der Waals surface area contributed by atoms with Gasteiger partial charge in [-0.2, -0.15) is 0 Å². The SMILES string of the molecule is Cc1cccc([N+](=O)[O-])c1S(=O)(=O)NC(CN)C1CCCCC1. The molecule has 0 aliphatic heterocycles. The van der Waals surface area contributed by atoms with Crippen LogP contribution in [0.3, 0.4) is 0 Å². The van der Waals surface area contributed by atoms with E-state index in [1.165, 1.54) is 12.1 Å². The summed E-state index contributed by atoms with van der Waals surface area (Å²) >= 11 is 0. The summed E-state index contributed by atoms with van der Waals surface area (Å²) in [7, 11) is -4.00. The Hall–Kier alpha value is -1.51. The zero-order valence-electron chi connectivity index (χ0n) is 13.2. The lowest BCUT2D eigenvalue weighted by Gasteiger charge is -2.29. The second-order valence-electron chi connectivity index (χ2n) is 6.04. The second kappa shape index (κ2) is 7.37. The first-order valence-corrected chi connectivity index (χ1v) is 9.31. The van der Waals surface area contributed by atoms with Crippen LogP contribution in [0.25, 0.3) is 0 Å². The average Bonchev–Trinajstić information content (AvgIpc) is 2.53. The fourth-order valence-corrected chi connectivity index (χ4v) is 4.98. The number of nitro benzene ring substituents is 1. The van der Waals surface area contributed by atoms with E-state index in [1.807, 2.05) is 0 Å². The van der Waals surface area contributed by atoms with Gasteiger partial charge in [0.05, 0.1) is 4.92 Å². The Balaban J connectivity index is 2.32. The summed E-state index contributed by atoms with van der Waals surface area (Å²) < 4.78 is 28.0. The Kier molecular flexibility index (Phi) is 5.72. The molecule has 1 aliphatic rings. The zero-order valence-corrected chi connectivity index (χ0v) is 14.0. The number of hydrogen-bond acceptors (Lipinski definition) is 5. The first kappa shape index (κ1) is 17.8. The molecule has 1 saturated carbocycles. The van der Waals surface area contributed by atoms with Crippen LogP contribution in [0.2, 0.25) is 0 Å². The van der Waals surface area contributed by atoms with E-state index >= 15 is 0 Å². The van der Waals surface area contributed by atoms with Crippen molar-refractivity contribution < 1.29 is 13.3 Å². The monoisotopic (exact) mass is 341 g/mol. The molecule has 2 rings (SSSR count). The number of aryl methyl sites for hydroxylation is 1. The van der Waals surface area contributed by atoms with Crippen LogP contribution in [-0.4, -0.2) is 25.9 Å². The molecule has 0 radical (unpaired) electrons. The van der Waals surface area contributed by atoms with Crippen molar-refractivity contribution in [3.8, 4) is 0 Å². The molecule has 1 aliphatic carbocycles. The molecule has 0 saturated heterocycles. The van der Waals surface area contributed by atoms with Gasteiger partial charge in [0, 0.05) is 18.7 Å². The maximum Gasteiger partial charge on any atom is 0.289 e. The van der Waals surface area contributed by atoms with Crippen LogP contribution in [0, 0.1) is 23.0 Å². The highest BCUT2D eigenvalue weighted by Gasteiger charge is 2.32. The highest BCUT2D eigenvalue weighted by molar-refractivity contribution is 7.89. The van der Waals surface area contributed by atoms with E-state index in [9.17, 15) is 18.5 Å². The molecule has 1 atom stereocenters. The largest absolute Gasteiger partial charge is 0.329 e. The van der Waals surface area contributed by atoms with Crippen molar-refractivity contribution in [2.24, 2.45) is 11.7 Å².